The quantitative estimate of drug-likeness (QED) is 0.329. The first-order chi connectivity index (χ1) is 3.06. The fourth-order valence-corrected chi connectivity index (χ4v) is 0.365. The van der Waals surface area contributed by atoms with E-state index in [9.17, 15) is 0 Å². The molecule has 36 valence electrons. The van der Waals surface area contributed by atoms with E-state index in [1.54, 1.807) is 13.8 Å². The van der Waals surface area contributed by atoms with Gasteiger partial charge in [-0.05, 0) is 16.9 Å². The van der Waals surface area contributed by atoms with Gasteiger partial charge in [0, 0.05) is 5.38 Å². The first kappa shape index (κ1) is 6.91. The van der Waals surface area contributed by atoms with Crippen molar-refractivity contribution in [3.63, 3.8) is 0 Å². The fourth-order valence-electron chi connectivity index (χ4n) is 0.122. The molecule has 2 radical (unpaired) electrons. The zero-order valence-corrected chi connectivity index (χ0v) is 5.21. The minimum atomic E-state index is -0.443. The lowest BCUT2D eigenvalue weighted by atomic mass is 9.74. The molecule has 0 rings (SSSR count). The van der Waals surface area contributed by atoms with Gasteiger partial charge in [-0.15, -0.1) is 0 Å². The van der Waals surface area contributed by atoms with Crippen molar-refractivity contribution in [2.45, 2.75) is 19.2 Å². The Morgan fingerprint density at radius 2 is 2.00 bits per heavy atom. The van der Waals surface area contributed by atoms with Gasteiger partial charge in [0.15, 0.2) is 0 Å². The molecular weight excluding hydrogens is 106 g/mol. The predicted octanol–water partition coefficient (Wildman–Crippen LogP) is 1.55. The summed E-state index contributed by atoms with van der Waals surface area (Å²) >= 11 is 5.05. The van der Waals surface area contributed by atoms with E-state index in [0.717, 1.165) is 0 Å². The second-order valence-electron chi connectivity index (χ2n) is 1.94. The van der Waals surface area contributed by atoms with Crippen LogP contribution in [-0.4, -0.2) is 7.85 Å². The summed E-state index contributed by atoms with van der Waals surface area (Å²) in [4.78, 5) is 0. The van der Waals surface area contributed by atoms with E-state index < -0.39 is 5.31 Å². The lowest BCUT2D eigenvalue weighted by Gasteiger charge is -2.05. The Kier molecular flexibility index (Phi) is 2.25. The summed E-state index contributed by atoms with van der Waals surface area (Å²) in [5.41, 5.74) is 0. The number of hydrogen-bond donors (Lipinski definition) is 0. The highest BCUT2D eigenvalue weighted by Gasteiger charge is 2.01. The van der Waals surface area contributed by atoms with Crippen LogP contribution in [0.15, 0.2) is 0 Å². The molecule has 0 fully saturated rings. The molecular formula is C5H6BCl. The molecule has 0 amide bonds. The lowest BCUT2D eigenvalue weighted by molar-refractivity contribution is 0.896. The maximum absolute atomic E-state index is 5.39. The van der Waals surface area contributed by atoms with E-state index in [4.69, 9.17) is 19.4 Å². The molecule has 0 aliphatic rings. The highest BCUT2D eigenvalue weighted by atomic mass is 35.5. The van der Waals surface area contributed by atoms with Gasteiger partial charge >= 0.3 is 0 Å². The molecule has 0 N–H and O–H groups in total. The van der Waals surface area contributed by atoms with Gasteiger partial charge in [-0.1, -0.05) is 19.8 Å². The third-order valence-corrected chi connectivity index (χ3v) is 0.464. The van der Waals surface area contributed by atoms with Crippen molar-refractivity contribution >= 4 is 19.4 Å². The standard InChI is InChI=1S/C5H6BCl/c1-5(2,6)3-4-7/h1-2H3. The topological polar surface area (TPSA) is 0 Å². The van der Waals surface area contributed by atoms with Crippen LogP contribution < -0.4 is 0 Å². The van der Waals surface area contributed by atoms with E-state index in [0.29, 0.717) is 0 Å². The molecule has 0 saturated heterocycles. The molecule has 0 aromatic carbocycles. The van der Waals surface area contributed by atoms with Crippen LogP contribution in [-0.2, 0) is 0 Å². The summed E-state index contributed by atoms with van der Waals surface area (Å²) in [5.74, 6) is 2.58. The third-order valence-electron chi connectivity index (χ3n) is 0.369. The molecule has 0 spiro atoms. The normalized spacial score (nSPS) is 9.57. The molecule has 0 aromatic rings. The van der Waals surface area contributed by atoms with Crippen molar-refractivity contribution in [2.24, 2.45) is 0 Å². The second-order valence-corrected chi connectivity index (χ2v) is 2.13. The van der Waals surface area contributed by atoms with Crippen LogP contribution in [0.1, 0.15) is 13.8 Å². The maximum Gasteiger partial charge on any atom is 0.0915 e. The molecule has 0 atom stereocenters. The van der Waals surface area contributed by atoms with Crippen LogP contribution in [0, 0.1) is 11.3 Å². The average molecular weight is 112 g/mol. The van der Waals surface area contributed by atoms with Crippen molar-refractivity contribution in [3.05, 3.63) is 0 Å². The second kappa shape index (κ2) is 2.28. The average Bonchev–Trinajstić information content (AvgIpc) is 1.30. The summed E-state index contributed by atoms with van der Waals surface area (Å²) < 4.78 is 0. The summed E-state index contributed by atoms with van der Waals surface area (Å²) in [5, 5.41) is 1.76. The predicted molar refractivity (Wildman–Crippen MR) is 33.4 cm³/mol. The smallest absolute Gasteiger partial charge is 0.0894 e. The first-order valence-corrected chi connectivity index (χ1v) is 2.36. The van der Waals surface area contributed by atoms with Crippen molar-refractivity contribution in [1.29, 1.82) is 0 Å². The van der Waals surface area contributed by atoms with E-state index in [-0.39, 0.29) is 0 Å². The van der Waals surface area contributed by atoms with Crippen LogP contribution in [0.3, 0.4) is 0 Å². The first-order valence-electron chi connectivity index (χ1n) is 1.98. The molecule has 2 heteroatoms. The van der Waals surface area contributed by atoms with E-state index >= 15 is 0 Å². The molecule has 0 aliphatic heterocycles. The fraction of sp³-hybridized carbons (Fsp3) is 0.600. The third kappa shape index (κ3) is 5.91. The maximum atomic E-state index is 5.39. The zero-order valence-electron chi connectivity index (χ0n) is 4.46. The summed E-state index contributed by atoms with van der Waals surface area (Å²) in [7, 11) is 5.39. The number of rotatable bonds is 0. The van der Waals surface area contributed by atoms with Gasteiger partial charge in [0.05, 0.1) is 7.85 Å². The van der Waals surface area contributed by atoms with Gasteiger partial charge in [-0.25, -0.2) is 0 Å². The Balaban J connectivity index is 3.72. The minimum absolute atomic E-state index is 0.443. The van der Waals surface area contributed by atoms with Gasteiger partial charge in [0.2, 0.25) is 0 Å². The molecule has 0 unspecified atom stereocenters. The summed E-state index contributed by atoms with van der Waals surface area (Å²) in [6.07, 6.45) is 0. The largest absolute Gasteiger partial charge is 0.0915 e. The van der Waals surface area contributed by atoms with Crippen molar-refractivity contribution in [2.75, 3.05) is 0 Å². The van der Waals surface area contributed by atoms with E-state index in [1.807, 2.05) is 0 Å². The monoisotopic (exact) mass is 112 g/mol. The molecule has 0 aliphatic carbocycles. The van der Waals surface area contributed by atoms with Gasteiger partial charge in [-0.3, -0.25) is 0 Å². The van der Waals surface area contributed by atoms with Crippen LogP contribution in [0.5, 0.6) is 0 Å². The Labute approximate surface area is 50.7 Å². The van der Waals surface area contributed by atoms with Crippen LogP contribution >= 0.6 is 11.6 Å². The molecule has 0 saturated carbocycles. The SMILES string of the molecule is [B]C(C)(C)C#CCl. The van der Waals surface area contributed by atoms with Gasteiger partial charge in [0.1, 0.15) is 0 Å². The Bertz CT molecular complexity index is 101. The zero-order chi connectivity index (χ0) is 5.91. The van der Waals surface area contributed by atoms with Crippen molar-refractivity contribution < 1.29 is 0 Å². The Hall–Kier alpha value is -0.0851. The van der Waals surface area contributed by atoms with Crippen LogP contribution in [0.4, 0.5) is 0 Å². The van der Waals surface area contributed by atoms with E-state index in [2.05, 4.69) is 11.3 Å². The lowest BCUT2D eigenvalue weighted by Crippen LogP contribution is -1.95. The number of hydrogen-bond acceptors (Lipinski definition) is 0. The van der Waals surface area contributed by atoms with Crippen LogP contribution in [0.2, 0.25) is 5.31 Å². The molecule has 0 bridgehead atoms. The summed E-state index contributed by atoms with van der Waals surface area (Å²) in [6, 6.07) is 0. The van der Waals surface area contributed by atoms with Gasteiger partial charge < -0.3 is 0 Å². The molecule has 0 heterocycles. The molecule has 0 nitrogen and oxygen atoms in total. The highest BCUT2D eigenvalue weighted by Crippen LogP contribution is 2.14. The van der Waals surface area contributed by atoms with E-state index in [1.165, 1.54) is 0 Å². The highest BCUT2D eigenvalue weighted by molar-refractivity contribution is 6.31. The molecule has 0 aromatic heterocycles. The number of halogens is 1. The van der Waals surface area contributed by atoms with Crippen LogP contribution in [0.25, 0.3) is 0 Å². The van der Waals surface area contributed by atoms with Gasteiger partial charge in [0.25, 0.3) is 0 Å². The van der Waals surface area contributed by atoms with Gasteiger partial charge in [-0.2, -0.15) is 0 Å². The Morgan fingerprint density at radius 1 is 1.57 bits per heavy atom. The minimum Gasteiger partial charge on any atom is -0.0894 e. The van der Waals surface area contributed by atoms with Crippen molar-refractivity contribution in [3.8, 4) is 11.3 Å². The Morgan fingerprint density at radius 3 is 2.00 bits per heavy atom. The summed E-state index contributed by atoms with van der Waals surface area (Å²) in [6.45, 7) is 3.59. The molecule has 7 heavy (non-hydrogen) atoms. The van der Waals surface area contributed by atoms with Crippen molar-refractivity contribution in [1.82, 2.24) is 0 Å².